The number of aromatic nitrogens is 3. The third kappa shape index (κ3) is 3.41. The standard InChI is InChI=1S/C14H15BrN4O2/c1-20-12-7-17-14(18-8-12)21-11-4-5-19(9-11)13-3-2-10(15)6-16-13/h2-3,6-8,11H,4-5,9H2,1H3. The lowest BCUT2D eigenvalue weighted by molar-refractivity contribution is 0.205. The van der Waals surface area contributed by atoms with E-state index < -0.39 is 0 Å². The maximum absolute atomic E-state index is 5.79. The van der Waals surface area contributed by atoms with Crippen molar-refractivity contribution < 1.29 is 9.47 Å². The Bertz CT molecular complexity index is 591. The van der Waals surface area contributed by atoms with Crippen molar-refractivity contribution in [1.29, 1.82) is 0 Å². The summed E-state index contributed by atoms with van der Waals surface area (Å²) in [5.74, 6) is 1.58. The maximum Gasteiger partial charge on any atom is 0.316 e. The first-order valence-electron chi connectivity index (χ1n) is 6.64. The summed E-state index contributed by atoms with van der Waals surface area (Å²) in [4.78, 5) is 14.8. The molecule has 1 fully saturated rings. The molecule has 2 aromatic heterocycles. The number of nitrogens with zero attached hydrogens (tertiary/aromatic N) is 4. The third-order valence-electron chi connectivity index (χ3n) is 3.29. The summed E-state index contributed by atoms with van der Waals surface area (Å²) in [6.07, 6.45) is 6.00. The van der Waals surface area contributed by atoms with Crippen LogP contribution in [0.2, 0.25) is 0 Å². The number of methoxy groups -OCH3 is 1. The minimum Gasteiger partial charge on any atom is -0.494 e. The van der Waals surface area contributed by atoms with Gasteiger partial charge >= 0.3 is 6.01 Å². The molecule has 110 valence electrons. The number of rotatable bonds is 4. The van der Waals surface area contributed by atoms with Crippen LogP contribution in [-0.4, -0.2) is 41.3 Å². The molecule has 7 heteroatoms. The summed E-state index contributed by atoms with van der Waals surface area (Å²) in [6.45, 7) is 1.69. The van der Waals surface area contributed by atoms with Crippen LogP contribution in [0.4, 0.5) is 5.82 Å². The summed E-state index contributed by atoms with van der Waals surface area (Å²) in [5.41, 5.74) is 0. The lowest BCUT2D eigenvalue weighted by Gasteiger charge is -2.17. The van der Waals surface area contributed by atoms with E-state index in [1.807, 2.05) is 12.1 Å². The predicted octanol–water partition coefficient (Wildman–Crippen LogP) is 2.30. The van der Waals surface area contributed by atoms with Gasteiger partial charge in [-0.05, 0) is 28.1 Å². The van der Waals surface area contributed by atoms with Crippen LogP contribution in [0.1, 0.15) is 6.42 Å². The Labute approximate surface area is 131 Å². The van der Waals surface area contributed by atoms with Crippen LogP contribution in [0.25, 0.3) is 0 Å². The average Bonchev–Trinajstić information content (AvgIpc) is 2.97. The van der Waals surface area contributed by atoms with Gasteiger partial charge < -0.3 is 14.4 Å². The highest BCUT2D eigenvalue weighted by Gasteiger charge is 2.25. The van der Waals surface area contributed by atoms with E-state index in [0.29, 0.717) is 11.8 Å². The van der Waals surface area contributed by atoms with Crippen LogP contribution >= 0.6 is 15.9 Å². The monoisotopic (exact) mass is 350 g/mol. The van der Waals surface area contributed by atoms with Crippen LogP contribution in [0.3, 0.4) is 0 Å². The quantitative estimate of drug-likeness (QED) is 0.843. The summed E-state index contributed by atoms with van der Waals surface area (Å²) in [6, 6.07) is 4.37. The van der Waals surface area contributed by atoms with Gasteiger partial charge in [-0.2, -0.15) is 9.97 Å². The molecule has 1 aliphatic heterocycles. The number of halogens is 1. The Kier molecular flexibility index (Phi) is 4.19. The van der Waals surface area contributed by atoms with Crippen LogP contribution in [0.5, 0.6) is 11.8 Å². The van der Waals surface area contributed by atoms with Gasteiger partial charge in [0.05, 0.1) is 26.0 Å². The van der Waals surface area contributed by atoms with E-state index in [9.17, 15) is 0 Å². The zero-order chi connectivity index (χ0) is 14.7. The Hall–Kier alpha value is -1.89. The summed E-state index contributed by atoms with van der Waals surface area (Å²) < 4.78 is 11.8. The Balaban J connectivity index is 1.60. The van der Waals surface area contributed by atoms with Crippen molar-refractivity contribution in [2.75, 3.05) is 25.1 Å². The van der Waals surface area contributed by atoms with Crippen LogP contribution in [0.15, 0.2) is 35.2 Å². The van der Waals surface area contributed by atoms with Gasteiger partial charge in [-0.25, -0.2) is 4.98 Å². The fourth-order valence-electron chi connectivity index (χ4n) is 2.21. The minimum atomic E-state index is 0.0730. The molecule has 1 unspecified atom stereocenters. The second-order valence-corrected chi connectivity index (χ2v) is 5.63. The van der Waals surface area contributed by atoms with Crippen molar-refractivity contribution in [2.45, 2.75) is 12.5 Å². The van der Waals surface area contributed by atoms with Crippen molar-refractivity contribution in [3.05, 3.63) is 35.2 Å². The minimum absolute atomic E-state index is 0.0730. The highest BCUT2D eigenvalue weighted by atomic mass is 79.9. The number of hydrogen-bond acceptors (Lipinski definition) is 6. The van der Waals surface area contributed by atoms with E-state index in [0.717, 1.165) is 29.8 Å². The van der Waals surface area contributed by atoms with E-state index in [4.69, 9.17) is 9.47 Å². The molecule has 6 nitrogen and oxygen atoms in total. The Morgan fingerprint density at radius 3 is 2.67 bits per heavy atom. The van der Waals surface area contributed by atoms with Crippen molar-refractivity contribution in [3.8, 4) is 11.8 Å². The van der Waals surface area contributed by atoms with Gasteiger partial charge in [0, 0.05) is 23.6 Å². The van der Waals surface area contributed by atoms with Gasteiger partial charge in [0.2, 0.25) is 0 Å². The van der Waals surface area contributed by atoms with Crippen molar-refractivity contribution in [3.63, 3.8) is 0 Å². The summed E-state index contributed by atoms with van der Waals surface area (Å²) >= 11 is 3.39. The highest BCUT2D eigenvalue weighted by Crippen LogP contribution is 2.22. The Morgan fingerprint density at radius 1 is 1.19 bits per heavy atom. The average molecular weight is 351 g/mol. The lowest BCUT2D eigenvalue weighted by atomic mass is 10.3. The molecule has 0 bridgehead atoms. The molecule has 0 spiro atoms. The smallest absolute Gasteiger partial charge is 0.316 e. The van der Waals surface area contributed by atoms with E-state index >= 15 is 0 Å². The number of pyridine rings is 1. The SMILES string of the molecule is COc1cnc(OC2CCN(c3ccc(Br)cn3)C2)nc1. The molecule has 0 N–H and O–H groups in total. The molecular weight excluding hydrogens is 336 g/mol. The molecule has 1 atom stereocenters. The Morgan fingerprint density at radius 2 is 2.00 bits per heavy atom. The van der Waals surface area contributed by atoms with Gasteiger partial charge in [-0.1, -0.05) is 0 Å². The zero-order valence-corrected chi connectivity index (χ0v) is 13.2. The molecule has 0 saturated carbocycles. The van der Waals surface area contributed by atoms with Crippen LogP contribution in [0, 0.1) is 0 Å². The highest BCUT2D eigenvalue weighted by molar-refractivity contribution is 9.10. The van der Waals surface area contributed by atoms with Crippen molar-refractivity contribution in [2.24, 2.45) is 0 Å². The van der Waals surface area contributed by atoms with Crippen LogP contribution < -0.4 is 14.4 Å². The number of hydrogen-bond donors (Lipinski definition) is 0. The van der Waals surface area contributed by atoms with E-state index in [1.54, 1.807) is 25.7 Å². The largest absolute Gasteiger partial charge is 0.494 e. The van der Waals surface area contributed by atoms with Gasteiger partial charge in [0.25, 0.3) is 0 Å². The van der Waals surface area contributed by atoms with Gasteiger partial charge in [-0.3, -0.25) is 0 Å². The fourth-order valence-corrected chi connectivity index (χ4v) is 2.44. The van der Waals surface area contributed by atoms with Gasteiger partial charge in [-0.15, -0.1) is 0 Å². The normalized spacial score (nSPS) is 17.8. The molecule has 2 aromatic rings. The molecular formula is C14H15BrN4O2. The predicted molar refractivity (Wildman–Crippen MR) is 81.8 cm³/mol. The number of ether oxygens (including phenoxy) is 2. The van der Waals surface area contributed by atoms with Crippen molar-refractivity contribution in [1.82, 2.24) is 15.0 Å². The zero-order valence-electron chi connectivity index (χ0n) is 11.6. The molecule has 0 aliphatic carbocycles. The first-order valence-corrected chi connectivity index (χ1v) is 7.43. The molecule has 1 saturated heterocycles. The molecule has 3 heterocycles. The molecule has 0 amide bonds. The van der Waals surface area contributed by atoms with Gasteiger partial charge in [0.15, 0.2) is 5.75 Å². The lowest BCUT2D eigenvalue weighted by Crippen LogP contribution is -2.25. The summed E-state index contributed by atoms with van der Waals surface area (Å²) in [7, 11) is 1.58. The van der Waals surface area contributed by atoms with Crippen LogP contribution in [-0.2, 0) is 0 Å². The second-order valence-electron chi connectivity index (χ2n) is 4.71. The fraction of sp³-hybridized carbons (Fsp3) is 0.357. The van der Waals surface area contributed by atoms with E-state index in [-0.39, 0.29) is 6.10 Å². The first-order chi connectivity index (χ1) is 10.2. The molecule has 3 rings (SSSR count). The van der Waals surface area contributed by atoms with Crippen molar-refractivity contribution >= 4 is 21.7 Å². The third-order valence-corrected chi connectivity index (χ3v) is 3.76. The molecule has 0 radical (unpaired) electrons. The number of anilines is 1. The maximum atomic E-state index is 5.79. The first kappa shape index (κ1) is 14.1. The molecule has 0 aromatic carbocycles. The molecule has 21 heavy (non-hydrogen) atoms. The molecule has 1 aliphatic rings. The topological polar surface area (TPSA) is 60.4 Å². The van der Waals surface area contributed by atoms with Gasteiger partial charge in [0.1, 0.15) is 11.9 Å². The summed E-state index contributed by atoms with van der Waals surface area (Å²) in [5, 5.41) is 0. The van der Waals surface area contributed by atoms with E-state index in [2.05, 4.69) is 35.8 Å². The van der Waals surface area contributed by atoms with E-state index in [1.165, 1.54) is 0 Å². The second kappa shape index (κ2) is 6.26.